The first kappa shape index (κ1) is 41.7. The zero-order valence-electron chi connectivity index (χ0n) is 35.8. The van der Waals surface area contributed by atoms with E-state index in [0.29, 0.717) is 39.0 Å². The lowest BCUT2D eigenvalue weighted by Gasteiger charge is -2.31. The minimum Gasteiger partial charge on any atom is -0.460 e. The molecule has 2 saturated heterocycles. The minimum atomic E-state index is -0.730. The summed E-state index contributed by atoms with van der Waals surface area (Å²) in [5, 5.41) is 1.82. The van der Waals surface area contributed by atoms with Crippen LogP contribution in [0, 0.1) is 23.5 Å². The van der Waals surface area contributed by atoms with Crippen LogP contribution in [0.1, 0.15) is 104 Å². The van der Waals surface area contributed by atoms with E-state index in [-0.39, 0.29) is 61.2 Å². The molecule has 4 aromatic rings. The number of aromatic nitrogens is 2. The number of allylic oxidation sites excluding steroid dienone is 2. The van der Waals surface area contributed by atoms with E-state index < -0.39 is 35.0 Å². The third kappa shape index (κ3) is 8.35. The number of carbonyl (C=O) groups excluding carboxylic acids is 4. The number of hydrogen-bond acceptors (Lipinski definition) is 6. The van der Waals surface area contributed by atoms with Gasteiger partial charge >= 0.3 is 11.9 Å². The zero-order valence-corrected chi connectivity index (χ0v) is 35.8. The van der Waals surface area contributed by atoms with Crippen LogP contribution in [0.25, 0.3) is 33.2 Å². The topological polar surface area (TPSA) is 103 Å². The van der Waals surface area contributed by atoms with Crippen molar-refractivity contribution in [1.82, 2.24) is 18.9 Å². The number of benzene rings is 2. The monoisotopic (exact) mass is 824 g/mol. The Hall–Kier alpha value is -5.00. The second-order valence-electron chi connectivity index (χ2n) is 19.3. The maximum atomic E-state index is 15.1. The van der Waals surface area contributed by atoms with E-state index in [9.17, 15) is 19.2 Å². The van der Waals surface area contributed by atoms with Crippen LogP contribution in [0.4, 0.5) is 8.78 Å². The summed E-state index contributed by atoms with van der Waals surface area (Å²) in [7, 11) is 0. The van der Waals surface area contributed by atoms with Crippen LogP contribution >= 0.6 is 0 Å². The Labute approximate surface area is 350 Å². The molecule has 2 aromatic carbocycles. The number of carbonyl (C=O) groups is 4. The summed E-state index contributed by atoms with van der Waals surface area (Å²) in [4.78, 5) is 60.0. The molecule has 60 heavy (non-hydrogen) atoms. The summed E-state index contributed by atoms with van der Waals surface area (Å²) in [6.07, 6.45) is 8.18. The molecule has 0 spiro atoms. The Morgan fingerprint density at radius 2 is 1.03 bits per heavy atom. The molecular weight excluding hydrogens is 767 g/mol. The van der Waals surface area contributed by atoms with Crippen molar-refractivity contribution in [1.29, 1.82) is 0 Å². The Balaban J connectivity index is 1.29. The van der Waals surface area contributed by atoms with Crippen LogP contribution in [0.5, 0.6) is 0 Å². The van der Waals surface area contributed by atoms with E-state index in [4.69, 9.17) is 9.47 Å². The van der Waals surface area contributed by atoms with Crippen molar-refractivity contribution in [2.45, 2.75) is 142 Å². The molecule has 8 rings (SSSR count). The molecule has 4 atom stereocenters. The predicted octanol–water partition coefficient (Wildman–Crippen LogP) is 8.67. The Morgan fingerprint density at radius 3 is 1.42 bits per heavy atom. The van der Waals surface area contributed by atoms with Crippen molar-refractivity contribution in [2.24, 2.45) is 11.8 Å². The summed E-state index contributed by atoms with van der Waals surface area (Å²) >= 11 is 0. The fourth-order valence-electron chi connectivity index (χ4n) is 10.3. The molecule has 0 N–H and O–H groups in total. The second-order valence-corrected chi connectivity index (χ2v) is 19.3. The zero-order chi connectivity index (χ0) is 42.7. The van der Waals surface area contributed by atoms with Crippen LogP contribution in [0.2, 0.25) is 0 Å². The van der Waals surface area contributed by atoms with Gasteiger partial charge in [0.25, 0.3) is 0 Å². The number of fused-ring (bicyclic) bond motifs is 8. The molecule has 0 saturated carbocycles. The summed E-state index contributed by atoms with van der Waals surface area (Å²) in [5.74, 6) is -3.30. The first-order chi connectivity index (χ1) is 28.5. The van der Waals surface area contributed by atoms with Gasteiger partial charge in [-0.1, -0.05) is 12.2 Å². The largest absolute Gasteiger partial charge is 0.460 e. The minimum absolute atomic E-state index is 0.108. The van der Waals surface area contributed by atoms with Crippen molar-refractivity contribution < 1.29 is 37.4 Å². The third-order valence-corrected chi connectivity index (χ3v) is 12.6. The van der Waals surface area contributed by atoms with Gasteiger partial charge in [0.05, 0.1) is 47.1 Å². The van der Waals surface area contributed by atoms with Crippen molar-refractivity contribution in [3.05, 3.63) is 71.3 Å². The highest BCUT2D eigenvalue weighted by molar-refractivity contribution is 5.98. The van der Waals surface area contributed by atoms with Gasteiger partial charge < -0.3 is 28.4 Å². The van der Waals surface area contributed by atoms with Gasteiger partial charge in [-0.3, -0.25) is 19.2 Å². The van der Waals surface area contributed by atoms with Crippen LogP contribution < -0.4 is 0 Å². The molecule has 0 radical (unpaired) electrons. The SMILES string of the molecule is CC(C)(C)OC(=O)C[C@H]1CC=CC[C@H](CC(=O)OC(C)(C)C)C(=O)N2CCC[C@H]2Cc2c3n(c4cc(F)ccc24)CCn2c-3c(c3ccc(F)cc32)C[C@@H]2CCCN2C1=O. The van der Waals surface area contributed by atoms with Gasteiger partial charge in [-0.15, -0.1) is 0 Å². The number of aryl methyl sites for hydroxylation is 2. The van der Waals surface area contributed by atoms with Gasteiger partial charge in [0.15, 0.2) is 0 Å². The quantitative estimate of drug-likeness (QED) is 0.151. The molecule has 2 fully saturated rings. The molecule has 2 aromatic heterocycles. The maximum absolute atomic E-state index is 15.1. The van der Waals surface area contributed by atoms with Crippen LogP contribution in [0.3, 0.4) is 0 Å². The van der Waals surface area contributed by atoms with Crippen molar-refractivity contribution in [3.63, 3.8) is 0 Å². The molecule has 4 aliphatic heterocycles. The van der Waals surface area contributed by atoms with Gasteiger partial charge in [-0.05, 0) is 140 Å². The highest BCUT2D eigenvalue weighted by atomic mass is 19.1. The van der Waals surface area contributed by atoms with Crippen molar-refractivity contribution in [2.75, 3.05) is 13.1 Å². The normalized spacial score (nSPS) is 22.7. The smallest absolute Gasteiger partial charge is 0.307 e. The van der Waals surface area contributed by atoms with Crippen molar-refractivity contribution in [3.8, 4) is 11.4 Å². The fraction of sp³-hybridized carbons (Fsp3) is 0.542. The fourth-order valence-corrected chi connectivity index (χ4v) is 10.3. The molecule has 10 nitrogen and oxygen atoms in total. The molecule has 4 aliphatic rings. The van der Waals surface area contributed by atoms with Crippen LogP contribution in [0.15, 0.2) is 48.6 Å². The lowest BCUT2D eigenvalue weighted by molar-refractivity contribution is -0.159. The number of nitrogens with zero attached hydrogens (tertiary/aromatic N) is 4. The third-order valence-electron chi connectivity index (χ3n) is 12.6. The lowest BCUT2D eigenvalue weighted by Crippen LogP contribution is -2.42. The highest BCUT2D eigenvalue weighted by Gasteiger charge is 2.40. The molecule has 6 heterocycles. The van der Waals surface area contributed by atoms with Gasteiger partial charge in [-0.25, -0.2) is 8.78 Å². The number of ether oxygens (including phenoxy) is 2. The Morgan fingerprint density at radius 1 is 0.633 bits per heavy atom. The molecule has 12 heteroatoms. The summed E-state index contributed by atoms with van der Waals surface area (Å²) in [6, 6.07) is 9.45. The molecule has 320 valence electrons. The average Bonchev–Trinajstić information content (AvgIpc) is 3.95. The standard InChI is InChI=1S/C48H58F2N4O6/c1-47(2,3)59-41(55)23-29-11-7-8-12-30(24-42(56)60-48(4,5)6)46(58)52-20-10-14-34(52)28-38-36-18-16-32(50)26-40(36)54-22-21-53-39-25-31(49)15-17-35(39)37(43(53)44(38)54)27-33-13-9-19-51(33)45(29)57/h7-8,15-18,25-26,29-30,33-34H,9-14,19-24,27-28H2,1-6H3/t29-,30-,33+,34+/m1/s1. The number of halogens is 2. The van der Waals surface area contributed by atoms with E-state index in [1.54, 1.807) is 53.7 Å². The van der Waals surface area contributed by atoms with Gasteiger partial charge in [0.2, 0.25) is 11.8 Å². The first-order valence-electron chi connectivity index (χ1n) is 21.8. The molecule has 2 amide bonds. The molecule has 0 aliphatic carbocycles. The number of amides is 2. The lowest BCUT2D eigenvalue weighted by atomic mass is 9.92. The van der Waals surface area contributed by atoms with Gasteiger partial charge in [-0.2, -0.15) is 0 Å². The average molecular weight is 825 g/mol. The molecule has 0 unspecified atom stereocenters. The van der Waals surface area contributed by atoms with E-state index in [2.05, 4.69) is 9.13 Å². The number of esters is 2. The number of hydrogen-bond donors (Lipinski definition) is 0. The summed E-state index contributed by atoms with van der Waals surface area (Å²) < 4.78 is 46.1. The maximum Gasteiger partial charge on any atom is 0.307 e. The van der Waals surface area contributed by atoms with Gasteiger partial charge in [0, 0.05) is 49.0 Å². The van der Waals surface area contributed by atoms with Gasteiger partial charge in [0.1, 0.15) is 22.8 Å². The Kier molecular flexibility index (Phi) is 11.2. The van der Waals surface area contributed by atoms with E-state index in [1.807, 2.05) is 34.1 Å². The molecular formula is C48H58F2N4O6. The Bertz CT molecular complexity index is 2220. The van der Waals surface area contributed by atoms with Crippen molar-refractivity contribution >= 4 is 45.6 Å². The number of rotatable bonds is 4. The van der Waals surface area contributed by atoms with Crippen LogP contribution in [-0.2, 0) is 54.6 Å². The predicted molar refractivity (Wildman–Crippen MR) is 226 cm³/mol. The summed E-state index contributed by atoms with van der Waals surface area (Å²) in [5.41, 5.74) is 3.95. The van der Waals surface area contributed by atoms with E-state index in [0.717, 1.165) is 70.0 Å². The highest BCUT2D eigenvalue weighted by Crippen LogP contribution is 2.45. The molecule has 0 bridgehead atoms. The second kappa shape index (κ2) is 16.1. The van der Waals surface area contributed by atoms with Crippen LogP contribution in [-0.4, -0.2) is 79.1 Å². The van der Waals surface area contributed by atoms with E-state index >= 15 is 8.78 Å². The van der Waals surface area contributed by atoms with E-state index in [1.165, 1.54) is 12.1 Å². The summed E-state index contributed by atoms with van der Waals surface area (Å²) in [6.45, 7) is 13.0. The first-order valence-corrected chi connectivity index (χ1v) is 21.8.